The minimum atomic E-state index is -0.201. The number of hydrogen-bond acceptors (Lipinski definition) is 4. The molecule has 1 aromatic rings. The van der Waals surface area contributed by atoms with Crippen LogP contribution in [0.5, 0.6) is 11.5 Å². The molecule has 0 aromatic heterocycles. The Morgan fingerprint density at radius 3 is 2.61 bits per heavy atom. The van der Waals surface area contributed by atoms with Gasteiger partial charge in [-0.15, -0.1) is 12.4 Å². The predicted octanol–water partition coefficient (Wildman–Crippen LogP) is 2.71. The molecule has 0 amide bonds. The van der Waals surface area contributed by atoms with Gasteiger partial charge in [0.05, 0.1) is 7.11 Å². The number of halogens is 2. The summed E-state index contributed by atoms with van der Waals surface area (Å²) in [6.07, 6.45) is 2.69. The Balaban J connectivity index is 0.00000289. The maximum atomic E-state index is 9.99. The molecule has 0 spiro atoms. The number of nitrogens with two attached hydrogens (primary N) is 2. The zero-order chi connectivity index (χ0) is 12.8. The van der Waals surface area contributed by atoms with Gasteiger partial charge in [0.2, 0.25) is 0 Å². The summed E-state index contributed by atoms with van der Waals surface area (Å²) in [5.74, 6) is 0.555. The Labute approximate surface area is 122 Å². The number of phenols is 1. The molecule has 0 aliphatic heterocycles. The van der Waals surface area contributed by atoms with E-state index in [9.17, 15) is 5.11 Å². The van der Waals surface area contributed by atoms with E-state index in [-0.39, 0.29) is 24.2 Å². The van der Waals surface area contributed by atoms with E-state index < -0.39 is 0 Å². The number of benzene rings is 1. The second kappa shape index (κ2) is 8.58. The molecule has 104 valence electrons. The van der Waals surface area contributed by atoms with Crippen molar-refractivity contribution in [2.75, 3.05) is 13.7 Å². The predicted molar refractivity (Wildman–Crippen MR) is 79.4 cm³/mol. The fraction of sp³-hybridized carbons (Fsp3) is 0.500. The van der Waals surface area contributed by atoms with Crippen LogP contribution in [-0.4, -0.2) is 18.8 Å². The first-order valence-corrected chi connectivity index (χ1v) is 6.41. The van der Waals surface area contributed by atoms with Gasteiger partial charge in [0.15, 0.2) is 11.5 Å². The van der Waals surface area contributed by atoms with Crippen LogP contribution in [-0.2, 0) is 0 Å². The molecule has 4 nitrogen and oxygen atoms in total. The lowest BCUT2D eigenvalue weighted by Crippen LogP contribution is -2.11. The van der Waals surface area contributed by atoms with E-state index in [1.807, 2.05) is 6.07 Å². The monoisotopic (exact) mass is 338 g/mol. The second-order valence-corrected chi connectivity index (χ2v) is 4.85. The molecule has 6 heteroatoms. The van der Waals surface area contributed by atoms with E-state index in [4.69, 9.17) is 16.2 Å². The summed E-state index contributed by atoms with van der Waals surface area (Å²) in [6, 6.07) is 3.34. The third-order valence-corrected chi connectivity index (χ3v) is 3.12. The molecule has 5 N–H and O–H groups in total. The molecule has 0 fully saturated rings. The standard InChI is InChI=1S/C12H19BrN2O2.ClH/c1-17-11-7-8(13)6-9(12(11)16)10(15)4-2-3-5-14;/h6-7,10,16H,2-5,14-15H2,1H3;1H/t10-;/m1./s1. The van der Waals surface area contributed by atoms with Crippen molar-refractivity contribution in [1.29, 1.82) is 0 Å². The minimum Gasteiger partial charge on any atom is -0.504 e. The SMILES string of the molecule is COc1cc(Br)cc([C@H](N)CCCCN)c1O.Cl. The van der Waals surface area contributed by atoms with Gasteiger partial charge >= 0.3 is 0 Å². The van der Waals surface area contributed by atoms with E-state index in [0.717, 1.165) is 23.7 Å². The summed E-state index contributed by atoms with van der Waals surface area (Å²) in [6.45, 7) is 0.667. The summed E-state index contributed by atoms with van der Waals surface area (Å²) in [5, 5.41) is 9.99. The van der Waals surface area contributed by atoms with Gasteiger partial charge in [-0.05, 0) is 31.5 Å². The summed E-state index contributed by atoms with van der Waals surface area (Å²) >= 11 is 3.37. The highest BCUT2D eigenvalue weighted by Crippen LogP contribution is 2.37. The Morgan fingerprint density at radius 1 is 1.39 bits per heavy atom. The van der Waals surface area contributed by atoms with E-state index in [2.05, 4.69) is 15.9 Å². The second-order valence-electron chi connectivity index (χ2n) is 3.94. The third-order valence-electron chi connectivity index (χ3n) is 2.66. The van der Waals surface area contributed by atoms with E-state index in [1.165, 1.54) is 7.11 Å². The quantitative estimate of drug-likeness (QED) is 0.696. The summed E-state index contributed by atoms with van der Waals surface area (Å²) in [5.41, 5.74) is 12.2. The van der Waals surface area contributed by atoms with Crippen molar-refractivity contribution in [1.82, 2.24) is 0 Å². The number of hydrogen-bond donors (Lipinski definition) is 3. The third kappa shape index (κ3) is 4.65. The topological polar surface area (TPSA) is 81.5 Å². The Morgan fingerprint density at radius 2 is 2.06 bits per heavy atom. The number of unbranched alkanes of at least 4 members (excludes halogenated alkanes) is 1. The molecule has 0 aliphatic carbocycles. The summed E-state index contributed by atoms with van der Waals surface area (Å²) in [7, 11) is 1.52. The van der Waals surface area contributed by atoms with Gasteiger partial charge in [-0.2, -0.15) is 0 Å². The van der Waals surface area contributed by atoms with E-state index in [0.29, 0.717) is 17.9 Å². The van der Waals surface area contributed by atoms with Gasteiger partial charge < -0.3 is 21.3 Å². The largest absolute Gasteiger partial charge is 0.504 e. The first-order valence-electron chi connectivity index (χ1n) is 5.62. The van der Waals surface area contributed by atoms with Gasteiger partial charge in [-0.25, -0.2) is 0 Å². The highest BCUT2D eigenvalue weighted by Gasteiger charge is 2.15. The van der Waals surface area contributed by atoms with Crippen molar-refractivity contribution in [3.05, 3.63) is 22.2 Å². The van der Waals surface area contributed by atoms with E-state index >= 15 is 0 Å². The van der Waals surface area contributed by atoms with Crippen molar-refractivity contribution < 1.29 is 9.84 Å². The Bertz CT molecular complexity index is 377. The first kappa shape index (κ1) is 17.5. The highest BCUT2D eigenvalue weighted by molar-refractivity contribution is 9.10. The van der Waals surface area contributed by atoms with Crippen LogP contribution in [0.25, 0.3) is 0 Å². The van der Waals surface area contributed by atoms with Crippen LogP contribution >= 0.6 is 28.3 Å². The maximum Gasteiger partial charge on any atom is 0.162 e. The fourth-order valence-corrected chi connectivity index (χ4v) is 2.15. The Hall–Kier alpha value is -0.490. The van der Waals surface area contributed by atoms with Gasteiger partial charge in [-0.3, -0.25) is 0 Å². The number of phenolic OH excluding ortho intramolecular Hbond substituents is 1. The highest BCUT2D eigenvalue weighted by atomic mass is 79.9. The molecule has 0 radical (unpaired) electrons. The molecular formula is C12H20BrClN2O2. The zero-order valence-electron chi connectivity index (χ0n) is 10.4. The lowest BCUT2D eigenvalue weighted by atomic mass is 10.0. The smallest absolute Gasteiger partial charge is 0.162 e. The molecule has 0 saturated heterocycles. The fourth-order valence-electron chi connectivity index (χ4n) is 1.70. The van der Waals surface area contributed by atoms with Crippen LogP contribution in [0, 0.1) is 0 Å². The van der Waals surface area contributed by atoms with Crippen LogP contribution in [0.1, 0.15) is 30.9 Å². The normalized spacial score (nSPS) is 11.8. The van der Waals surface area contributed by atoms with Gasteiger partial charge in [-0.1, -0.05) is 22.4 Å². The van der Waals surface area contributed by atoms with Crippen LogP contribution in [0.4, 0.5) is 0 Å². The average Bonchev–Trinajstić information content (AvgIpc) is 2.31. The van der Waals surface area contributed by atoms with Crippen molar-refractivity contribution in [2.45, 2.75) is 25.3 Å². The van der Waals surface area contributed by atoms with Crippen molar-refractivity contribution >= 4 is 28.3 Å². The first-order chi connectivity index (χ1) is 8.10. The molecule has 1 aromatic carbocycles. The molecule has 0 saturated carbocycles. The van der Waals surface area contributed by atoms with Crippen molar-refractivity contribution in [3.8, 4) is 11.5 Å². The van der Waals surface area contributed by atoms with Crippen LogP contribution in [0.15, 0.2) is 16.6 Å². The van der Waals surface area contributed by atoms with Crippen LogP contribution in [0.3, 0.4) is 0 Å². The number of ether oxygens (including phenoxy) is 1. The summed E-state index contributed by atoms with van der Waals surface area (Å²) < 4.78 is 5.93. The minimum absolute atomic E-state index is 0. The lowest BCUT2D eigenvalue weighted by Gasteiger charge is -2.16. The molecule has 0 unspecified atom stereocenters. The number of methoxy groups -OCH3 is 1. The lowest BCUT2D eigenvalue weighted by molar-refractivity contribution is 0.367. The molecule has 0 bridgehead atoms. The van der Waals surface area contributed by atoms with Gasteiger partial charge in [0, 0.05) is 16.1 Å². The summed E-state index contributed by atoms with van der Waals surface area (Å²) in [4.78, 5) is 0. The Kier molecular flexibility index (Phi) is 8.35. The van der Waals surface area contributed by atoms with Gasteiger partial charge in [0.1, 0.15) is 0 Å². The van der Waals surface area contributed by atoms with Crippen LogP contribution < -0.4 is 16.2 Å². The molecule has 0 aliphatic rings. The number of aromatic hydroxyl groups is 1. The molecule has 18 heavy (non-hydrogen) atoms. The van der Waals surface area contributed by atoms with E-state index in [1.54, 1.807) is 6.07 Å². The molecule has 1 atom stereocenters. The van der Waals surface area contributed by atoms with Crippen molar-refractivity contribution in [2.24, 2.45) is 11.5 Å². The van der Waals surface area contributed by atoms with Gasteiger partial charge in [0.25, 0.3) is 0 Å². The maximum absolute atomic E-state index is 9.99. The molecule has 0 heterocycles. The average molecular weight is 340 g/mol. The van der Waals surface area contributed by atoms with Crippen molar-refractivity contribution in [3.63, 3.8) is 0 Å². The zero-order valence-corrected chi connectivity index (χ0v) is 12.8. The molecular weight excluding hydrogens is 320 g/mol. The van der Waals surface area contributed by atoms with Crippen LogP contribution in [0.2, 0.25) is 0 Å². The number of rotatable bonds is 6. The molecule has 1 rings (SSSR count).